The van der Waals surface area contributed by atoms with Crippen LogP contribution in [0.25, 0.3) is 0 Å². The van der Waals surface area contributed by atoms with Crippen molar-refractivity contribution in [2.75, 3.05) is 14.2 Å². The van der Waals surface area contributed by atoms with Gasteiger partial charge in [-0.2, -0.15) is 15.1 Å². The van der Waals surface area contributed by atoms with E-state index >= 15 is 0 Å². The lowest BCUT2D eigenvalue weighted by Crippen LogP contribution is -2.71. The molecule has 186 valence electrons. The number of amides is 2. The molecule has 0 aromatic carbocycles. The molecule has 2 rings (SSSR count). The van der Waals surface area contributed by atoms with Gasteiger partial charge in [-0.15, -0.1) is 5.01 Å². The molecule has 0 bridgehead atoms. The Labute approximate surface area is 191 Å². The van der Waals surface area contributed by atoms with E-state index in [0.717, 1.165) is 0 Å². The maximum atomic E-state index is 12.2. The van der Waals surface area contributed by atoms with Gasteiger partial charge in [-0.3, -0.25) is 0 Å². The molecule has 0 aromatic rings. The molecule has 0 radical (unpaired) electrons. The van der Waals surface area contributed by atoms with Crippen molar-refractivity contribution in [1.82, 2.24) is 20.1 Å². The first-order valence-electron chi connectivity index (χ1n) is 11.1. The van der Waals surface area contributed by atoms with E-state index in [-0.39, 0.29) is 12.1 Å². The van der Waals surface area contributed by atoms with Gasteiger partial charge in [0.05, 0.1) is 14.2 Å². The Hall–Kier alpha value is -1.46. The van der Waals surface area contributed by atoms with Crippen LogP contribution in [0.3, 0.4) is 0 Å². The lowest BCUT2D eigenvalue weighted by atomic mass is 9.75. The van der Waals surface area contributed by atoms with Crippen molar-refractivity contribution in [3.63, 3.8) is 0 Å². The average Bonchev–Trinajstić information content (AvgIpc) is 2.54. The summed E-state index contributed by atoms with van der Waals surface area (Å²) < 4.78 is 0. The predicted molar refractivity (Wildman–Crippen MR) is 120 cm³/mol. The summed E-state index contributed by atoms with van der Waals surface area (Å²) in [5.74, 6) is 0. The molecule has 2 aliphatic rings. The summed E-state index contributed by atoms with van der Waals surface area (Å²) in [5.41, 5.74) is -1.72. The zero-order chi connectivity index (χ0) is 24.9. The smallest absolute Gasteiger partial charge is 0.432 e. The summed E-state index contributed by atoms with van der Waals surface area (Å²) in [5, 5.41) is 25.8. The number of hydrogen-bond acceptors (Lipinski definition) is 7. The fourth-order valence-electron chi connectivity index (χ4n) is 6.69. The number of rotatable bonds is 5. The number of piperidine rings is 2. The van der Waals surface area contributed by atoms with Crippen LogP contribution in [0, 0.1) is 0 Å². The molecule has 0 spiro atoms. The first-order chi connectivity index (χ1) is 14.4. The number of hydrogen-bond donors (Lipinski definition) is 2. The Morgan fingerprint density at radius 1 is 0.688 bits per heavy atom. The highest BCUT2D eigenvalue weighted by atomic mass is 16.7. The molecule has 0 aliphatic carbocycles. The molecular weight excluding hydrogens is 416 g/mol. The zero-order valence-electron chi connectivity index (χ0n) is 21.3. The van der Waals surface area contributed by atoms with Crippen LogP contribution < -0.4 is 0 Å². The molecule has 32 heavy (non-hydrogen) atoms. The molecule has 10 heteroatoms. The number of imide groups is 1. The molecule has 2 fully saturated rings. The quantitative estimate of drug-likeness (QED) is 0.591. The van der Waals surface area contributed by atoms with Crippen LogP contribution in [0.15, 0.2) is 0 Å². The Bertz CT molecular complexity index is 629. The van der Waals surface area contributed by atoms with E-state index in [1.165, 1.54) is 0 Å². The van der Waals surface area contributed by atoms with E-state index < -0.39 is 34.3 Å². The second kappa shape index (κ2) is 8.72. The highest BCUT2D eigenvalue weighted by Crippen LogP contribution is 2.45. The SMILES string of the molecule is CON1C(C)(C)CC(N(C2CC(C)(C)N(OC)C(C)(C)C2)N(C(=O)O)C(=O)O)CC1(C)C. The van der Waals surface area contributed by atoms with Crippen molar-refractivity contribution in [3.8, 4) is 0 Å². The van der Waals surface area contributed by atoms with Crippen molar-refractivity contribution < 1.29 is 29.5 Å². The fraction of sp³-hybridized carbons (Fsp3) is 0.909. The van der Waals surface area contributed by atoms with Crippen LogP contribution in [-0.4, -0.2) is 91.0 Å². The molecule has 2 heterocycles. The molecule has 0 atom stereocenters. The number of nitrogens with zero attached hydrogens (tertiary/aromatic N) is 4. The Morgan fingerprint density at radius 3 is 1.12 bits per heavy atom. The highest BCUT2D eigenvalue weighted by molar-refractivity contribution is 5.84. The number of hydroxylamine groups is 4. The summed E-state index contributed by atoms with van der Waals surface area (Å²) >= 11 is 0. The van der Waals surface area contributed by atoms with Crippen molar-refractivity contribution in [1.29, 1.82) is 0 Å². The first-order valence-corrected chi connectivity index (χ1v) is 11.1. The fourth-order valence-corrected chi connectivity index (χ4v) is 6.69. The third-order valence-corrected chi connectivity index (χ3v) is 6.85. The Kier molecular flexibility index (Phi) is 7.30. The van der Waals surface area contributed by atoms with Crippen molar-refractivity contribution in [2.45, 2.75) is 115 Å². The van der Waals surface area contributed by atoms with Crippen LogP contribution in [0.5, 0.6) is 0 Å². The first kappa shape index (κ1) is 26.8. The van der Waals surface area contributed by atoms with Gasteiger partial charge in [0, 0.05) is 34.2 Å². The predicted octanol–water partition coefficient (Wildman–Crippen LogP) is 4.03. The molecular formula is C22H42N4O6. The van der Waals surface area contributed by atoms with E-state index in [0.29, 0.717) is 30.7 Å². The minimum absolute atomic E-state index is 0.315. The van der Waals surface area contributed by atoms with Crippen molar-refractivity contribution in [2.24, 2.45) is 0 Å². The molecule has 2 saturated heterocycles. The third-order valence-electron chi connectivity index (χ3n) is 6.85. The minimum atomic E-state index is -1.49. The molecule has 0 saturated carbocycles. The summed E-state index contributed by atoms with van der Waals surface area (Å²) in [4.78, 5) is 35.8. The van der Waals surface area contributed by atoms with Crippen LogP contribution in [0.4, 0.5) is 9.59 Å². The maximum Gasteiger partial charge on any atom is 0.432 e. The molecule has 2 N–H and O–H groups in total. The van der Waals surface area contributed by atoms with Crippen LogP contribution >= 0.6 is 0 Å². The maximum absolute atomic E-state index is 12.2. The van der Waals surface area contributed by atoms with E-state index in [1.807, 2.05) is 65.5 Å². The summed E-state index contributed by atoms with van der Waals surface area (Å²) in [6.07, 6.45) is -0.794. The number of carboxylic acid groups (broad SMARTS) is 2. The molecule has 0 unspecified atom stereocenters. The molecule has 10 nitrogen and oxygen atoms in total. The van der Waals surface area contributed by atoms with Gasteiger partial charge in [0.25, 0.3) is 0 Å². The number of hydrazine groups is 1. The van der Waals surface area contributed by atoms with Gasteiger partial charge in [-0.25, -0.2) is 9.59 Å². The van der Waals surface area contributed by atoms with Gasteiger partial charge in [-0.1, -0.05) is 0 Å². The summed E-state index contributed by atoms with van der Waals surface area (Å²) in [7, 11) is 3.27. The van der Waals surface area contributed by atoms with Crippen LogP contribution in [0.2, 0.25) is 0 Å². The zero-order valence-corrected chi connectivity index (χ0v) is 21.3. The second-order valence-electron chi connectivity index (χ2n) is 11.6. The Morgan fingerprint density at radius 2 is 0.938 bits per heavy atom. The topological polar surface area (TPSA) is 106 Å². The van der Waals surface area contributed by atoms with E-state index in [2.05, 4.69) is 0 Å². The van der Waals surface area contributed by atoms with Gasteiger partial charge >= 0.3 is 12.2 Å². The van der Waals surface area contributed by atoms with Gasteiger partial charge in [0.1, 0.15) is 0 Å². The second-order valence-corrected chi connectivity index (χ2v) is 11.6. The lowest BCUT2D eigenvalue weighted by Gasteiger charge is -2.59. The molecule has 0 aromatic heterocycles. The summed E-state index contributed by atoms with van der Waals surface area (Å²) in [6, 6.07) is -0.631. The van der Waals surface area contributed by atoms with Crippen molar-refractivity contribution >= 4 is 12.2 Å². The van der Waals surface area contributed by atoms with E-state index in [4.69, 9.17) is 9.68 Å². The minimum Gasteiger partial charge on any atom is -0.464 e. The van der Waals surface area contributed by atoms with Crippen molar-refractivity contribution in [3.05, 3.63) is 0 Å². The van der Waals surface area contributed by atoms with Gasteiger partial charge < -0.3 is 19.9 Å². The standard InChI is InChI=1S/C22H42N4O6/c1-19(2)11-15(12-20(3,4)25(19)31-9)23(24(17(27)28)18(29)30)16-13-21(5,6)26(32-10)22(7,8)14-16/h15-16H,11-14H2,1-10H3,(H,27,28)(H,29,30). The van der Waals surface area contributed by atoms with Gasteiger partial charge in [0.15, 0.2) is 0 Å². The average molecular weight is 459 g/mol. The largest absolute Gasteiger partial charge is 0.464 e. The van der Waals surface area contributed by atoms with Gasteiger partial charge in [-0.05, 0) is 81.1 Å². The van der Waals surface area contributed by atoms with Gasteiger partial charge in [0.2, 0.25) is 0 Å². The number of carbonyl (C=O) groups is 2. The van der Waals surface area contributed by atoms with Crippen LogP contribution in [-0.2, 0) is 9.68 Å². The lowest BCUT2D eigenvalue weighted by molar-refractivity contribution is -0.293. The normalized spacial score (nSPS) is 26.2. The third kappa shape index (κ3) is 4.89. The monoisotopic (exact) mass is 458 g/mol. The Balaban J connectivity index is 2.58. The van der Waals surface area contributed by atoms with E-state index in [1.54, 1.807) is 19.2 Å². The molecule has 2 aliphatic heterocycles. The van der Waals surface area contributed by atoms with Crippen LogP contribution in [0.1, 0.15) is 81.1 Å². The summed E-state index contributed by atoms with van der Waals surface area (Å²) in [6.45, 7) is 16.3. The highest BCUT2D eigenvalue weighted by Gasteiger charge is 2.55. The molecule has 2 amide bonds. The van der Waals surface area contributed by atoms with E-state index in [9.17, 15) is 19.8 Å².